The Bertz CT molecular complexity index is 551. The lowest BCUT2D eigenvalue weighted by Gasteiger charge is -2.15. The van der Waals surface area contributed by atoms with Crippen LogP contribution in [0.4, 0.5) is 0 Å². The van der Waals surface area contributed by atoms with Crippen LogP contribution in [0.25, 0.3) is 0 Å². The second-order valence-electron chi connectivity index (χ2n) is 10.2. The highest BCUT2D eigenvalue weighted by Gasteiger charge is 2.22. The topological polar surface area (TPSA) is 128 Å². The number of phosphoric acid groups is 1. The normalized spacial score (nSPS) is 13.9. The molecule has 0 amide bonds. The maximum atomic E-state index is 11.8. The van der Waals surface area contributed by atoms with Gasteiger partial charge in [0.05, 0.1) is 13.2 Å². The van der Waals surface area contributed by atoms with Gasteiger partial charge in [0.25, 0.3) is 0 Å². The monoisotopic (exact) mass is 551 g/mol. The molecule has 1 unspecified atom stereocenters. The standard InChI is InChI=1S/C28H58NO7P/c1-2-3-4-5-6-7-8-9-10-11-12-13-14-15-16-17-18-19-20-21-22-28(31)34-25-27(30)26-36-37(32,33)35-24-23-29/h27,30H,2-26,29H2,1H3,(H,32,33)/t27-/m1/s1. The molecule has 37 heavy (non-hydrogen) atoms. The van der Waals surface area contributed by atoms with Crippen molar-refractivity contribution in [1.29, 1.82) is 0 Å². The summed E-state index contributed by atoms with van der Waals surface area (Å²) in [5.74, 6) is -0.381. The largest absolute Gasteiger partial charge is 0.472 e. The van der Waals surface area contributed by atoms with Gasteiger partial charge < -0.3 is 20.5 Å². The van der Waals surface area contributed by atoms with Crippen molar-refractivity contribution in [3.05, 3.63) is 0 Å². The zero-order valence-corrected chi connectivity index (χ0v) is 24.6. The van der Waals surface area contributed by atoms with Gasteiger partial charge in [0.2, 0.25) is 0 Å². The second-order valence-corrected chi connectivity index (χ2v) is 11.6. The first kappa shape index (κ1) is 36.5. The third-order valence-corrected chi connectivity index (χ3v) is 7.46. The van der Waals surface area contributed by atoms with Crippen molar-refractivity contribution in [2.75, 3.05) is 26.4 Å². The van der Waals surface area contributed by atoms with Crippen molar-refractivity contribution in [3.8, 4) is 0 Å². The van der Waals surface area contributed by atoms with Crippen molar-refractivity contribution in [3.63, 3.8) is 0 Å². The van der Waals surface area contributed by atoms with Gasteiger partial charge in [-0.2, -0.15) is 0 Å². The highest BCUT2D eigenvalue weighted by Crippen LogP contribution is 2.42. The summed E-state index contributed by atoms with van der Waals surface area (Å²) in [6.07, 6.45) is 25.3. The van der Waals surface area contributed by atoms with Gasteiger partial charge in [-0.15, -0.1) is 0 Å². The van der Waals surface area contributed by atoms with Gasteiger partial charge in [-0.05, 0) is 6.42 Å². The first-order chi connectivity index (χ1) is 17.9. The smallest absolute Gasteiger partial charge is 0.463 e. The molecule has 9 heteroatoms. The average Bonchev–Trinajstić information content (AvgIpc) is 2.88. The molecule has 0 fully saturated rings. The summed E-state index contributed by atoms with van der Waals surface area (Å²) in [5, 5.41) is 9.71. The molecule has 222 valence electrons. The van der Waals surface area contributed by atoms with Crippen LogP contribution in [0.15, 0.2) is 0 Å². The molecule has 0 spiro atoms. The number of aliphatic hydroxyl groups excluding tert-OH is 1. The molecule has 0 radical (unpaired) electrons. The maximum Gasteiger partial charge on any atom is 0.472 e. The van der Waals surface area contributed by atoms with Gasteiger partial charge >= 0.3 is 13.8 Å². The fourth-order valence-corrected chi connectivity index (χ4v) is 4.99. The highest BCUT2D eigenvalue weighted by atomic mass is 31.2. The quantitative estimate of drug-likeness (QED) is 0.0506. The Morgan fingerprint density at radius 2 is 1.11 bits per heavy atom. The van der Waals surface area contributed by atoms with Crippen LogP contribution < -0.4 is 5.73 Å². The summed E-state index contributed by atoms with van der Waals surface area (Å²) >= 11 is 0. The minimum absolute atomic E-state index is 0.0770. The molecular formula is C28H58NO7P. The van der Waals surface area contributed by atoms with Crippen molar-refractivity contribution in [1.82, 2.24) is 0 Å². The zero-order valence-electron chi connectivity index (χ0n) is 23.7. The predicted octanol–water partition coefficient (Wildman–Crippen LogP) is 7.19. The SMILES string of the molecule is CCCCCCCCCCCCCCCCCCCCCCC(=O)OC[C@@H](O)COP(=O)(O)OCCN. The summed E-state index contributed by atoms with van der Waals surface area (Å²) < 4.78 is 25.6. The van der Waals surface area contributed by atoms with E-state index < -0.39 is 20.5 Å². The van der Waals surface area contributed by atoms with Gasteiger partial charge in [-0.3, -0.25) is 13.8 Å². The number of phosphoric ester groups is 1. The Morgan fingerprint density at radius 3 is 1.51 bits per heavy atom. The van der Waals surface area contributed by atoms with Crippen molar-refractivity contribution in [2.24, 2.45) is 5.73 Å². The summed E-state index contributed by atoms with van der Waals surface area (Å²) in [6.45, 7) is 1.47. The molecule has 0 aromatic carbocycles. The van der Waals surface area contributed by atoms with E-state index in [-0.39, 0.29) is 25.7 Å². The summed E-state index contributed by atoms with van der Waals surface area (Å²) in [5.41, 5.74) is 5.18. The number of rotatable bonds is 29. The fourth-order valence-electron chi connectivity index (χ4n) is 4.22. The molecule has 4 N–H and O–H groups in total. The third-order valence-electron chi connectivity index (χ3n) is 6.47. The highest BCUT2D eigenvalue weighted by molar-refractivity contribution is 7.47. The molecule has 0 bridgehead atoms. The molecule has 8 nitrogen and oxygen atoms in total. The van der Waals surface area contributed by atoms with Crippen LogP contribution in [-0.2, 0) is 23.1 Å². The number of esters is 1. The molecule has 0 heterocycles. The molecule has 0 saturated heterocycles. The number of carbonyl (C=O) groups is 1. The van der Waals surface area contributed by atoms with E-state index >= 15 is 0 Å². The van der Waals surface area contributed by atoms with Crippen molar-refractivity contribution < 1.29 is 33.1 Å². The first-order valence-electron chi connectivity index (χ1n) is 15.1. The number of nitrogens with two attached hydrogens (primary N) is 1. The Morgan fingerprint density at radius 1 is 0.703 bits per heavy atom. The minimum Gasteiger partial charge on any atom is -0.463 e. The number of aliphatic hydroxyl groups is 1. The molecule has 2 atom stereocenters. The van der Waals surface area contributed by atoms with Crippen LogP contribution >= 0.6 is 7.82 Å². The van der Waals surface area contributed by atoms with E-state index in [0.29, 0.717) is 6.42 Å². The number of unbranched alkanes of at least 4 members (excludes halogenated alkanes) is 19. The molecule has 0 aliphatic carbocycles. The van der Waals surface area contributed by atoms with Crippen LogP contribution in [0.3, 0.4) is 0 Å². The van der Waals surface area contributed by atoms with Gasteiger partial charge in [0.15, 0.2) is 0 Å². The second kappa shape index (κ2) is 27.1. The Labute approximate surface area is 227 Å². The van der Waals surface area contributed by atoms with Crippen molar-refractivity contribution >= 4 is 13.8 Å². The summed E-state index contributed by atoms with van der Waals surface area (Å²) in [6, 6.07) is 0. The molecular weight excluding hydrogens is 493 g/mol. The van der Waals surface area contributed by atoms with Crippen LogP contribution in [0.1, 0.15) is 142 Å². The molecule has 0 saturated carbocycles. The lowest BCUT2D eigenvalue weighted by molar-refractivity contribution is -0.147. The average molecular weight is 552 g/mol. The molecule has 0 aliphatic rings. The van der Waals surface area contributed by atoms with E-state index in [9.17, 15) is 19.4 Å². The third kappa shape index (κ3) is 28.3. The van der Waals surface area contributed by atoms with Crippen LogP contribution in [0.2, 0.25) is 0 Å². The first-order valence-corrected chi connectivity index (χ1v) is 16.6. The molecule has 0 aliphatic heterocycles. The van der Waals surface area contributed by atoms with E-state index in [0.717, 1.165) is 19.3 Å². The Balaban J connectivity index is 3.33. The van der Waals surface area contributed by atoms with Gasteiger partial charge in [0, 0.05) is 13.0 Å². The summed E-state index contributed by atoms with van der Waals surface area (Å²) in [7, 11) is -4.24. The van der Waals surface area contributed by atoms with E-state index in [1.54, 1.807) is 0 Å². The lowest BCUT2D eigenvalue weighted by Crippen LogP contribution is -2.23. The van der Waals surface area contributed by atoms with Crippen molar-refractivity contribution in [2.45, 2.75) is 148 Å². The Hall–Kier alpha value is -0.500. The van der Waals surface area contributed by atoms with E-state index in [2.05, 4.69) is 16.0 Å². The fraction of sp³-hybridized carbons (Fsp3) is 0.964. The number of hydrogen-bond acceptors (Lipinski definition) is 7. The number of hydrogen-bond donors (Lipinski definition) is 3. The van der Waals surface area contributed by atoms with E-state index in [1.165, 1.54) is 109 Å². The Kier molecular flexibility index (Phi) is 26.7. The van der Waals surface area contributed by atoms with Gasteiger partial charge in [-0.25, -0.2) is 4.57 Å². The number of ether oxygens (including phenoxy) is 1. The maximum absolute atomic E-state index is 11.8. The molecule has 0 aromatic rings. The lowest BCUT2D eigenvalue weighted by atomic mass is 10.0. The van der Waals surface area contributed by atoms with Crippen LogP contribution in [0.5, 0.6) is 0 Å². The predicted molar refractivity (Wildman–Crippen MR) is 150 cm³/mol. The summed E-state index contributed by atoms with van der Waals surface area (Å²) in [4.78, 5) is 21.1. The van der Waals surface area contributed by atoms with E-state index in [4.69, 9.17) is 10.5 Å². The van der Waals surface area contributed by atoms with Gasteiger partial charge in [-0.1, -0.05) is 129 Å². The minimum atomic E-state index is -4.24. The number of carbonyl (C=O) groups excluding carboxylic acids is 1. The molecule has 0 aromatic heterocycles. The van der Waals surface area contributed by atoms with E-state index in [1.807, 2.05) is 0 Å². The van der Waals surface area contributed by atoms with Crippen LogP contribution in [0, 0.1) is 0 Å². The molecule has 0 rings (SSSR count). The zero-order chi connectivity index (χ0) is 27.5. The van der Waals surface area contributed by atoms with Gasteiger partial charge in [0.1, 0.15) is 12.7 Å². The van der Waals surface area contributed by atoms with Crippen LogP contribution in [-0.4, -0.2) is 48.4 Å².